The zero-order chi connectivity index (χ0) is 15.4. The molecule has 2 aromatic carbocycles. The van der Waals surface area contributed by atoms with E-state index in [0.29, 0.717) is 12.0 Å². The lowest BCUT2D eigenvalue weighted by Gasteiger charge is -2.14. The van der Waals surface area contributed by atoms with Crippen molar-refractivity contribution in [3.8, 4) is 0 Å². The summed E-state index contributed by atoms with van der Waals surface area (Å²) in [7, 11) is 0. The van der Waals surface area contributed by atoms with E-state index in [1.165, 1.54) is 30.3 Å². The van der Waals surface area contributed by atoms with E-state index < -0.39 is 5.82 Å². The van der Waals surface area contributed by atoms with Crippen molar-refractivity contribution in [1.82, 2.24) is 5.32 Å². The Balaban J connectivity index is 1.98. The van der Waals surface area contributed by atoms with Crippen LogP contribution in [0, 0.1) is 11.6 Å². The number of benzene rings is 2. The topological polar surface area (TPSA) is 29.1 Å². The van der Waals surface area contributed by atoms with Crippen LogP contribution in [-0.4, -0.2) is 11.9 Å². The molecule has 1 unspecified atom stereocenters. The molecule has 2 nitrogen and oxygen atoms in total. The molecule has 1 atom stereocenters. The molecule has 0 bridgehead atoms. The van der Waals surface area contributed by atoms with Crippen LogP contribution >= 0.6 is 15.9 Å². The number of halogens is 3. The van der Waals surface area contributed by atoms with Crippen molar-refractivity contribution in [2.45, 2.75) is 19.4 Å². The summed E-state index contributed by atoms with van der Waals surface area (Å²) < 4.78 is 26.2. The summed E-state index contributed by atoms with van der Waals surface area (Å²) in [6.07, 6.45) is 0.592. The Labute approximate surface area is 130 Å². The van der Waals surface area contributed by atoms with Crippen LogP contribution in [0.3, 0.4) is 0 Å². The second-order valence-electron chi connectivity index (χ2n) is 4.83. The van der Waals surface area contributed by atoms with Gasteiger partial charge in [0.25, 0.3) is 5.91 Å². The number of carbonyl (C=O) groups excluding carboxylic acids is 1. The minimum absolute atomic E-state index is 0.119. The maximum Gasteiger partial charge on any atom is 0.251 e. The van der Waals surface area contributed by atoms with Gasteiger partial charge in [0.1, 0.15) is 11.6 Å². The molecule has 0 radical (unpaired) electrons. The van der Waals surface area contributed by atoms with Gasteiger partial charge in [0, 0.05) is 11.6 Å². The number of rotatable bonds is 4. The molecule has 0 saturated heterocycles. The Morgan fingerprint density at radius 2 is 1.86 bits per heavy atom. The highest BCUT2D eigenvalue weighted by Crippen LogP contribution is 2.17. The van der Waals surface area contributed by atoms with Gasteiger partial charge in [-0.15, -0.1) is 0 Å². The average molecular weight is 354 g/mol. The van der Waals surface area contributed by atoms with Crippen molar-refractivity contribution in [1.29, 1.82) is 0 Å². The lowest BCUT2D eigenvalue weighted by molar-refractivity contribution is 0.0940. The van der Waals surface area contributed by atoms with Crippen LogP contribution < -0.4 is 5.32 Å². The third-order valence-corrected chi connectivity index (χ3v) is 3.62. The molecule has 2 aromatic rings. The van der Waals surface area contributed by atoms with Gasteiger partial charge in [-0.2, -0.15) is 0 Å². The van der Waals surface area contributed by atoms with Gasteiger partial charge in [-0.25, -0.2) is 8.78 Å². The van der Waals surface area contributed by atoms with E-state index in [9.17, 15) is 13.6 Å². The number of hydrogen-bond donors (Lipinski definition) is 1. The van der Waals surface area contributed by atoms with Crippen molar-refractivity contribution in [3.63, 3.8) is 0 Å². The maximum atomic E-state index is 13.1. The molecule has 2 rings (SSSR count). The van der Waals surface area contributed by atoms with Gasteiger partial charge in [-0.1, -0.05) is 12.1 Å². The predicted molar refractivity (Wildman–Crippen MR) is 81.1 cm³/mol. The highest BCUT2D eigenvalue weighted by molar-refractivity contribution is 9.10. The molecule has 0 aliphatic rings. The minimum Gasteiger partial charge on any atom is -0.349 e. The van der Waals surface area contributed by atoms with Gasteiger partial charge in [0.05, 0.1) is 4.47 Å². The molecule has 1 amide bonds. The van der Waals surface area contributed by atoms with Crippen LogP contribution in [0.2, 0.25) is 0 Å². The molecule has 0 aliphatic heterocycles. The average Bonchev–Trinajstić information content (AvgIpc) is 2.44. The number of amides is 1. The summed E-state index contributed by atoms with van der Waals surface area (Å²) in [4.78, 5) is 12.0. The molecule has 0 saturated carbocycles. The number of hydrogen-bond acceptors (Lipinski definition) is 1. The maximum absolute atomic E-state index is 13.1. The first-order valence-electron chi connectivity index (χ1n) is 6.46. The Bertz CT molecular complexity index is 643. The van der Waals surface area contributed by atoms with Crippen LogP contribution in [0.4, 0.5) is 8.78 Å². The summed E-state index contributed by atoms with van der Waals surface area (Å²) in [6, 6.07) is 10.1. The predicted octanol–water partition coefficient (Wildman–Crippen LogP) is 4.09. The quantitative estimate of drug-likeness (QED) is 0.881. The molecule has 0 aromatic heterocycles. The van der Waals surface area contributed by atoms with Gasteiger partial charge in [-0.3, -0.25) is 4.79 Å². The van der Waals surface area contributed by atoms with Crippen molar-refractivity contribution in [3.05, 3.63) is 69.7 Å². The second kappa shape index (κ2) is 6.80. The summed E-state index contributed by atoms with van der Waals surface area (Å²) >= 11 is 3.05. The fourth-order valence-corrected chi connectivity index (χ4v) is 2.35. The summed E-state index contributed by atoms with van der Waals surface area (Å²) in [6.45, 7) is 1.86. The first-order valence-corrected chi connectivity index (χ1v) is 7.25. The van der Waals surface area contributed by atoms with Crippen molar-refractivity contribution >= 4 is 21.8 Å². The standard InChI is InChI=1S/C16H14BrF2NO/c1-10(8-11-2-5-13(18)6-3-11)20-16(21)12-4-7-15(19)14(17)9-12/h2-7,9-10H,8H2,1H3,(H,20,21). The lowest BCUT2D eigenvalue weighted by atomic mass is 10.1. The Hall–Kier alpha value is -1.75. The van der Waals surface area contributed by atoms with Crippen LogP contribution in [0.25, 0.3) is 0 Å². The van der Waals surface area contributed by atoms with E-state index in [1.54, 1.807) is 12.1 Å². The summed E-state index contributed by atoms with van der Waals surface area (Å²) in [5.41, 5.74) is 1.32. The molecule has 0 heterocycles. The Kier molecular flexibility index (Phi) is 5.07. The zero-order valence-electron chi connectivity index (χ0n) is 11.4. The van der Waals surface area contributed by atoms with Gasteiger partial charge in [0.2, 0.25) is 0 Å². The van der Waals surface area contributed by atoms with E-state index in [-0.39, 0.29) is 22.2 Å². The first kappa shape index (κ1) is 15.6. The van der Waals surface area contributed by atoms with Gasteiger partial charge in [-0.05, 0) is 65.2 Å². The lowest BCUT2D eigenvalue weighted by Crippen LogP contribution is -2.34. The normalized spacial score (nSPS) is 12.0. The monoisotopic (exact) mass is 353 g/mol. The molecule has 1 N–H and O–H groups in total. The fraction of sp³-hybridized carbons (Fsp3) is 0.188. The number of carbonyl (C=O) groups is 1. The second-order valence-corrected chi connectivity index (χ2v) is 5.69. The molecule has 5 heteroatoms. The minimum atomic E-state index is -0.411. The highest BCUT2D eigenvalue weighted by atomic mass is 79.9. The largest absolute Gasteiger partial charge is 0.349 e. The highest BCUT2D eigenvalue weighted by Gasteiger charge is 2.12. The molecule has 0 aliphatic carbocycles. The van der Waals surface area contributed by atoms with Crippen molar-refractivity contribution in [2.24, 2.45) is 0 Å². The van der Waals surface area contributed by atoms with Crippen LogP contribution in [0.5, 0.6) is 0 Å². The van der Waals surface area contributed by atoms with E-state index in [2.05, 4.69) is 21.2 Å². The molecule has 110 valence electrons. The molecule has 0 spiro atoms. The van der Waals surface area contributed by atoms with Crippen molar-refractivity contribution < 1.29 is 13.6 Å². The smallest absolute Gasteiger partial charge is 0.251 e. The fourth-order valence-electron chi connectivity index (χ4n) is 1.97. The van der Waals surface area contributed by atoms with Gasteiger partial charge >= 0.3 is 0 Å². The van der Waals surface area contributed by atoms with Crippen LogP contribution in [0.1, 0.15) is 22.8 Å². The van der Waals surface area contributed by atoms with E-state index in [0.717, 1.165) is 5.56 Å². The van der Waals surface area contributed by atoms with E-state index >= 15 is 0 Å². The van der Waals surface area contributed by atoms with Crippen LogP contribution in [-0.2, 0) is 6.42 Å². The third-order valence-electron chi connectivity index (χ3n) is 3.01. The molecule has 0 fully saturated rings. The van der Waals surface area contributed by atoms with Gasteiger partial charge in [0.15, 0.2) is 0 Å². The SMILES string of the molecule is CC(Cc1ccc(F)cc1)NC(=O)c1ccc(F)c(Br)c1. The third kappa shape index (κ3) is 4.36. The van der Waals surface area contributed by atoms with Crippen molar-refractivity contribution in [2.75, 3.05) is 0 Å². The van der Waals surface area contributed by atoms with E-state index in [4.69, 9.17) is 0 Å². The Morgan fingerprint density at radius 3 is 2.48 bits per heavy atom. The van der Waals surface area contributed by atoms with Gasteiger partial charge < -0.3 is 5.32 Å². The zero-order valence-corrected chi connectivity index (χ0v) is 13.0. The summed E-state index contributed by atoms with van der Waals surface area (Å²) in [5, 5.41) is 2.83. The Morgan fingerprint density at radius 1 is 1.19 bits per heavy atom. The first-order chi connectivity index (χ1) is 9.95. The van der Waals surface area contributed by atoms with Crippen LogP contribution in [0.15, 0.2) is 46.9 Å². The molecule has 21 heavy (non-hydrogen) atoms. The molecular weight excluding hydrogens is 340 g/mol. The van der Waals surface area contributed by atoms with E-state index in [1.807, 2.05) is 6.92 Å². The summed E-state index contributed by atoms with van der Waals surface area (Å²) in [5.74, 6) is -0.970. The number of nitrogens with one attached hydrogen (secondary N) is 1. The molecular formula is C16H14BrF2NO.